The lowest BCUT2D eigenvalue weighted by Gasteiger charge is -2.09. The van der Waals surface area contributed by atoms with Crippen LogP contribution in [0.2, 0.25) is 5.02 Å². The molecule has 0 aliphatic rings. The molecule has 1 N–H and O–H groups in total. The predicted molar refractivity (Wildman–Crippen MR) is 115 cm³/mol. The van der Waals surface area contributed by atoms with E-state index in [1.54, 1.807) is 18.2 Å². The molecule has 0 bridgehead atoms. The maximum Gasteiger partial charge on any atom is 0.236 e. The van der Waals surface area contributed by atoms with Crippen LogP contribution in [-0.4, -0.2) is 38.0 Å². The molecule has 0 spiro atoms. The topological polar surface area (TPSA) is 81.9 Å². The average Bonchev–Trinajstić information content (AvgIpc) is 3.12. The zero-order valence-corrected chi connectivity index (χ0v) is 17.4. The van der Waals surface area contributed by atoms with Gasteiger partial charge in [0.15, 0.2) is 11.0 Å². The van der Waals surface area contributed by atoms with Crippen LogP contribution in [0.25, 0.3) is 11.4 Å². The van der Waals surface area contributed by atoms with Gasteiger partial charge in [-0.05, 0) is 43.3 Å². The molecule has 2 heterocycles. The molecule has 3 rings (SSSR count). The summed E-state index contributed by atoms with van der Waals surface area (Å²) < 4.78 is 7.40. The van der Waals surface area contributed by atoms with Crippen LogP contribution >= 0.6 is 23.4 Å². The van der Waals surface area contributed by atoms with Crippen LogP contribution in [0.5, 0.6) is 5.75 Å². The number of allylic oxidation sites excluding steroid dienone is 1. The summed E-state index contributed by atoms with van der Waals surface area (Å²) in [6, 6.07) is 11.0. The van der Waals surface area contributed by atoms with E-state index in [1.165, 1.54) is 18.0 Å². The first kappa shape index (κ1) is 20.9. The molecular weight excluding hydrogens is 410 g/mol. The summed E-state index contributed by atoms with van der Waals surface area (Å²) in [6.07, 6.45) is 3.25. The number of ether oxygens (including phenoxy) is 1. The lowest BCUT2D eigenvalue weighted by Crippen LogP contribution is -2.15. The van der Waals surface area contributed by atoms with Crippen molar-refractivity contribution in [2.75, 3.05) is 17.7 Å². The molecule has 0 atom stereocenters. The molecule has 9 heteroatoms. The predicted octanol–water partition coefficient (Wildman–Crippen LogP) is 4.31. The van der Waals surface area contributed by atoms with Crippen LogP contribution in [-0.2, 0) is 11.3 Å². The fourth-order valence-electron chi connectivity index (χ4n) is 2.53. The Balaban J connectivity index is 1.70. The standard InChI is InChI=1S/C20H20ClN5O2S/c1-3-11-26-19(14-5-8-16(9-6-14)28-4-2)24-25-20(26)29-13-18(27)23-17-10-7-15(21)12-22-17/h3,5-10,12H,1,4,11,13H2,2H3,(H,22,23,27). The van der Waals surface area contributed by atoms with Crippen molar-refractivity contribution in [2.45, 2.75) is 18.6 Å². The first-order valence-corrected chi connectivity index (χ1v) is 10.3. The number of carbonyl (C=O) groups is 1. The number of anilines is 1. The molecule has 0 aliphatic heterocycles. The molecule has 2 aromatic heterocycles. The van der Waals surface area contributed by atoms with Gasteiger partial charge in [0.1, 0.15) is 11.6 Å². The molecule has 0 unspecified atom stereocenters. The van der Waals surface area contributed by atoms with Gasteiger partial charge in [0.05, 0.1) is 17.4 Å². The minimum absolute atomic E-state index is 0.170. The van der Waals surface area contributed by atoms with E-state index in [1.807, 2.05) is 35.8 Å². The highest BCUT2D eigenvalue weighted by molar-refractivity contribution is 7.99. The van der Waals surface area contributed by atoms with Crippen molar-refractivity contribution in [3.63, 3.8) is 0 Å². The summed E-state index contributed by atoms with van der Waals surface area (Å²) >= 11 is 7.10. The maximum absolute atomic E-state index is 12.2. The summed E-state index contributed by atoms with van der Waals surface area (Å²) in [5.41, 5.74) is 0.907. The third-order valence-corrected chi connectivity index (χ3v) is 4.97. The third-order valence-electron chi connectivity index (χ3n) is 3.78. The molecule has 0 fully saturated rings. The number of aromatic nitrogens is 4. The Morgan fingerprint density at radius 2 is 2.07 bits per heavy atom. The van der Waals surface area contributed by atoms with Gasteiger partial charge in [-0.3, -0.25) is 9.36 Å². The molecule has 0 saturated carbocycles. The van der Waals surface area contributed by atoms with Crippen molar-refractivity contribution in [3.8, 4) is 17.1 Å². The second-order valence-electron chi connectivity index (χ2n) is 5.86. The molecule has 7 nitrogen and oxygen atoms in total. The lowest BCUT2D eigenvalue weighted by molar-refractivity contribution is -0.113. The van der Waals surface area contributed by atoms with E-state index in [4.69, 9.17) is 16.3 Å². The Morgan fingerprint density at radius 3 is 2.72 bits per heavy atom. The molecule has 29 heavy (non-hydrogen) atoms. The van der Waals surface area contributed by atoms with Gasteiger partial charge < -0.3 is 10.1 Å². The molecule has 0 radical (unpaired) electrons. The zero-order chi connectivity index (χ0) is 20.6. The molecule has 1 aromatic carbocycles. The van der Waals surface area contributed by atoms with Crippen molar-refractivity contribution < 1.29 is 9.53 Å². The van der Waals surface area contributed by atoms with Gasteiger partial charge in [-0.2, -0.15) is 0 Å². The fourth-order valence-corrected chi connectivity index (χ4v) is 3.39. The third kappa shape index (κ3) is 5.58. The minimum Gasteiger partial charge on any atom is -0.494 e. The molecule has 1 amide bonds. The van der Waals surface area contributed by atoms with Gasteiger partial charge in [0, 0.05) is 18.3 Å². The Hall–Kier alpha value is -2.84. The van der Waals surface area contributed by atoms with E-state index in [0.717, 1.165) is 11.3 Å². The summed E-state index contributed by atoms with van der Waals surface area (Å²) in [5.74, 6) is 1.93. The number of benzene rings is 1. The highest BCUT2D eigenvalue weighted by atomic mass is 35.5. The minimum atomic E-state index is -0.194. The lowest BCUT2D eigenvalue weighted by atomic mass is 10.2. The second-order valence-corrected chi connectivity index (χ2v) is 7.24. The van der Waals surface area contributed by atoms with Gasteiger partial charge >= 0.3 is 0 Å². The summed E-state index contributed by atoms with van der Waals surface area (Å²) in [4.78, 5) is 16.3. The van der Waals surface area contributed by atoms with Crippen molar-refractivity contribution in [3.05, 3.63) is 60.3 Å². The van der Waals surface area contributed by atoms with Crippen LogP contribution in [0.15, 0.2) is 60.4 Å². The molecule has 3 aromatic rings. The number of nitrogens with zero attached hydrogens (tertiary/aromatic N) is 4. The number of hydrogen-bond donors (Lipinski definition) is 1. The smallest absolute Gasteiger partial charge is 0.236 e. The fraction of sp³-hybridized carbons (Fsp3) is 0.200. The SMILES string of the molecule is C=CCn1c(SCC(=O)Nc2ccc(Cl)cn2)nnc1-c1ccc(OCC)cc1. The van der Waals surface area contributed by atoms with Gasteiger partial charge in [0.2, 0.25) is 5.91 Å². The van der Waals surface area contributed by atoms with Gasteiger partial charge in [0.25, 0.3) is 0 Å². The number of hydrogen-bond acceptors (Lipinski definition) is 6. The van der Waals surface area contributed by atoms with E-state index in [0.29, 0.717) is 35.0 Å². The Morgan fingerprint density at radius 1 is 1.28 bits per heavy atom. The quantitative estimate of drug-likeness (QED) is 0.403. The van der Waals surface area contributed by atoms with Crippen LogP contribution in [0.1, 0.15) is 6.92 Å². The normalized spacial score (nSPS) is 10.6. The Bertz CT molecular complexity index is 974. The first-order chi connectivity index (χ1) is 14.1. The number of carbonyl (C=O) groups excluding carboxylic acids is 1. The van der Waals surface area contributed by atoms with Crippen molar-refractivity contribution in [1.82, 2.24) is 19.7 Å². The van der Waals surface area contributed by atoms with Crippen LogP contribution in [0, 0.1) is 0 Å². The second kappa shape index (κ2) is 10.1. The molecule has 150 valence electrons. The summed E-state index contributed by atoms with van der Waals surface area (Å²) in [7, 11) is 0. The van der Waals surface area contributed by atoms with Crippen molar-refractivity contribution >= 4 is 35.1 Å². The van der Waals surface area contributed by atoms with E-state index in [9.17, 15) is 4.79 Å². The molecule has 0 aliphatic carbocycles. The van der Waals surface area contributed by atoms with E-state index >= 15 is 0 Å². The monoisotopic (exact) mass is 429 g/mol. The largest absolute Gasteiger partial charge is 0.494 e. The van der Waals surface area contributed by atoms with Gasteiger partial charge in [-0.1, -0.05) is 29.4 Å². The van der Waals surface area contributed by atoms with Crippen LogP contribution < -0.4 is 10.1 Å². The number of nitrogens with one attached hydrogen (secondary N) is 1. The number of thioether (sulfide) groups is 1. The number of halogens is 1. The highest BCUT2D eigenvalue weighted by Gasteiger charge is 2.15. The summed E-state index contributed by atoms with van der Waals surface area (Å²) in [5, 5.41) is 12.4. The van der Waals surface area contributed by atoms with E-state index < -0.39 is 0 Å². The first-order valence-electron chi connectivity index (χ1n) is 8.92. The van der Waals surface area contributed by atoms with Crippen molar-refractivity contribution in [2.24, 2.45) is 0 Å². The maximum atomic E-state index is 12.2. The van der Waals surface area contributed by atoms with E-state index in [2.05, 4.69) is 27.1 Å². The zero-order valence-electron chi connectivity index (χ0n) is 15.8. The van der Waals surface area contributed by atoms with Crippen LogP contribution in [0.3, 0.4) is 0 Å². The number of rotatable bonds is 9. The molecular formula is C20H20ClN5O2S. The van der Waals surface area contributed by atoms with Gasteiger partial charge in [-0.15, -0.1) is 16.8 Å². The number of pyridine rings is 1. The van der Waals surface area contributed by atoms with Crippen LogP contribution in [0.4, 0.5) is 5.82 Å². The average molecular weight is 430 g/mol. The Kier molecular flexibility index (Phi) is 7.26. The van der Waals surface area contributed by atoms with Crippen molar-refractivity contribution in [1.29, 1.82) is 0 Å². The van der Waals surface area contributed by atoms with Gasteiger partial charge in [-0.25, -0.2) is 4.98 Å². The van der Waals surface area contributed by atoms with E-state index in [-0.39, 0.29) is 11.7 Å². The highest BCUT2D eigenvalue weighted by Crippen LogP contribution is 2.26. The number of amides is 1. The Labute approximate surface area is 178 Å². The summed E-state index contributed by atoms with van der Waals surface area (Å²) in [6.45, 7) is 6.88. The molecule has 0 saturated heterocycles.